The van der Waals surface area contributed by atoms with Crippen molar-refractivity contribution >= 4 is 23.1 Å². The smallest absolute Gasteiger partial charge is 0.278 e. The molecule has 0 bridgehead atoms. The first-order chi connectivity index (χ1) is 15.0. The van der Waals surface area contributed by atoms with Crippen LogP contribution in [0.25, 0.3) is 5.57 Å². The van der Waals surface area contributed by atoms with Crippen LogP contribution in [-0.4, -0.2) is 42.6 Å². The van der Waals surface area contributed by atoms with Crippen molar-refractivity contribution in [1.29, 1.82) is 0 Å². The molecular weight excluding hydrogens is 396 g/mol. The van der Waals surface area contributed by atoms with Crippen LogP contribution in [0.2, 0.25) is 0 Å². The summed E-state index contributed by atoms with van der Waals surface area (Å²) in [5.41, 5.74) is 1.76. The summed E-state index contributed by atoms with van der Waals surface area (Å²) in [6.07, 6.45) is 1.57. The Hall–Kier alpha value is -3.74. The molecule has 2 aliphatic rings. The van der Waals surface area contributed by atoms with Crippen LogP contribution >= 0.6 is 0 Å². The van der Waals surface area contributed by atoms with Crippen LogP contribution in [0.5, 0.6) is 17.2 Å². The number of ether oxygens (including phenoxy) is 3. The summed E-state index contributed by atoms with van der Waals surface area (Å²) in [6, 6.07) is 12.5. The van der Waals surface area contributed by atoms with Gasteiger partial charge in [0.2, 0.25) is 0 Å². The maximum Gasteiger partial charge on any atom is 0.278 e. The number of nitrogens with zero attached hydrogens (tertiary/aromatic N) is 1. The Morgan fingerprint density at radius 3 is 2.45 bits per heavy atom. The minimum absolute atomic E-state index is 0.0373. The fraction of sp³-hybridized carbons (Fsp3) is 0.250. The predicted octanol–water partition coefficient (Wildman–Crippen LogP) is 3.62. The lowest BCUT2D eigenvalue weighted by Gasteiger charge is -2.19. The second-order valence-corrected chi connectivity index (χ2v) is 7.43. The molecule has 0 aliphatic carbocycles. The Labute approximate surface area is 180 Å². The highest BCUT2D eigenvalue weighted by atomic mass is 16.6. The highest BCUT2D eigenvalue weighted by Crippen LogP contribution is 2.35. The van der Waals surface area contributed by atoms with Gasteiger partial charge in [0, 0.05) is 18.3 Å². The van der Waals surface area contributed by atoms with Gasteiger partial charge in [-0.05, 0) is 43.7 Å². The largest absolute Gasteiger partial charge is 0.491 e. The molecule has 1 N–H and O–H groups in total. The van der Waals surface area contributed by atoms with Crippen LogP contribution in [0.15, 0.2) is 60.8 Å². The van der Waals surface area contributed by atoms with E-state index in [-0.39, 0.29) is 24.3 Å². The number of amides is 2. The molecule has 0 saturated carbocycles. The van der Waals surface area contributed by atoms with E-state index in [1.165, 1.54) is 11.0 Å². The fourth-order valence-corrected chi connectivity index (χ4v) is 3.49. The van der Waals surface area contributed by atoms with Gasteiger partial charge in [0.15, 0.2) is 11.5 Å². The summed E-state index contributed by atoms with van der Waals surface area (Å²) in [5.74, 6) is 1.15. The highest BCUT2D eigenvalue weighted by molar-refractivity contribution is 6.36. The second-order valence-electron chi connectivity index (χ2n) is 7.43. The van der Waals surface area contributed by atoms with Crippen molar-refractivity contribution in [1.82, 2.24) is 4.90 Å². The van der Waals surface area contributed by atoms with Crippen molar-refractivity contribution in [3.63, 3.8) is 0 Å². The monoisotopic (exact) mass is 420 g/mol. The maximum absolute atomic E-state index is 13.1. The van der Waals surface area contributed by atoms with Crippen molar-refractivity contribution in [2.45, 2.75) is 20.0 Å². The first kappa shape index (κ1) is 20.5. The van der Waals surface area contributed by atoms with Crippen LogP contribution in [0.4, 0.5) is 5.69 Å². The Morgan fingerprint density at radius 2 is 1.77 bits per heavy atom. The molecule has 160 valence electrons. The van der Waals surface area contributed by atoms with Crippen LogP contribution in [0.3, 0.4) is 0 Å². The molecule has 2 aliphatic heterocycles. The molecule has 2 heterocycles. The standard InChI is InChI=1S/C24H24N2O5/c1-4-11-26-23(27)21(16-5-8-18(9-6-16)31-15(2)3)22(24(26)28)25-17-7-10-19-20(14-17)30-13-12-29-19/h4-10,14-15,25H,1,11-13H2,2-3H3. The van der Waals surface area contributed by atoms with E-state index >= 15 is 0 Å². The van der Waals surface area contributed by atoms with E-state index in [0.717, 1.165) is 0 Å². The van der Waals surface area contributed by atoms with E-state index < -0.39 is 5.91 Å². The maximum atomic E-state index is 13.1. The van der Waals surface area contributed by atoms with Gasteiger partial charge < -0.3 is 19.5 Å². The highest BCUT2D eigenvalue weighted by Gasteiger charge is 2.38. The number of hydrogen-bond acceptors (Lipinski definition) is 6. The van der Waals surface area contributed by atoms with E-state index in [1.807, 2.05) is 13.8 Å². The number of hydrogen-bond donors (Lipinski definition) is 1. The van der Waals surface area contributed by atoms with Gasteiger partial charge in [-0.2, -0.15) is 0 Å². The molecule has 0 atom stereocenters. The van der Waals surface area contributed by atoms with Gasteiger partial charge in [-0.25, -0.2) is 0 Å². The topological polar surface area (TPSA) is 77.1 Å². The van der Waals surface area contributed by atoms with Gasteiger partial charge in [-0.3, -0.25) is 14.5 Å². The number of benzene rings is 2. The molecule has 4 rings (SSSR count). The molecular formula is C24H24N2O5. The number of nitrogens with one attached hydrogen (secondary N) is 1. The predicted molar refractivity (Wildman–Crippen MR) is 117 cm³/mol. The lowest BCUT2D eigenvalue weighted by Crippen LogP contribution is -2.32. The average molecular weight is 420 g/mol. The molecule has 0 aromatic heterocycles. The third-order valence-corrected chi connectivity index (χ3v) is 4.81. The zero-order chi connectivity index (χ0) is 22.0. The Kier molecular flexibility index (Phi) is 5.66. The molecule has 2 amide bonds. The van der Waals surface area contributed by atoms with E-state index in [4.69, 9.17) is 14.2 Å². The molecule has 31 heavy (non-hydrogen) atoms. The van der Waals surface area contributed by atoms with Gasteiger partial charge in [0.05, 0.1) is 11.7 Å². The lowest BCUT2D eigenvalue weighted by molar-refractivity contribution is -0.136. The SMILES string of the molecule is C=CCN1C(=O)C(Nc2ccc3c(c2)OCCO3)=C(c2ccc(OC(C)C)cc2)C1=O. The quantitative estimate of drug-likeness (QED) is 0.545. The summed E-state index contributed by atoms with van der Waals surface area (Å²) in [4.78, 5) is 27.3. The minimum atomic E-state index is -0.405. The number of carbonyl (C=O) groups is 2. The van der Waals surface area contributed by atoms with Gasteiger partial charge in [-0.1, -0.05) is 18.2 Å². The molecule has 0 radical (unpaired) electrons. The summed E-state index contributed by atoms with van der Waals surface area (Å²) in [7, 11) is 0. The third-order valence-electron chi connectivity index (χ3n) is 4.81. The summed E-state index contributed by atoms with van der Waals surface area (Å²) in [6.45, 7) is 8.62. The summed E-state index contributed by atoms with van der Waals surface area (Å²) in [5, 5.41) is 3.12. The number of rotatable bonds is 7. The van der Waals surface area contributed by atoms with Crippen LogP contribution < -0.4 is 19.5 Å². The van der Waals surface area contributed by atoms with Crippen molar-refractivity contribution in [3.05, 3.63) is 66.4 Å². The molecule has 0 saturated heterocycles. The number of imide groups is 1. The van der Waals surface area contributed by atoms with Crippen molar-refractivity contribution in [3.8, 4) is 17.2 Å². The Morgan fingerprint density at radius 1 is 1.06 bits per heavy atom. The van der Waals surface area contributed by atoms with E-state index in [1.54, 1.807) is 42.5 Å². The molecule has 0 unspecified atom stereocenters. The lowest BCUT2D eigenvalue weighted by atomic mass is 10.0. The molecule has 2 aromatic carbocycles. The van der Waals surface area contributed by atoms with Gasteiger partial charge in [-0.15, -0.1) is 6.58 Å². The molecule has 0 spiro atoms. The zero-order valence-corrected chi connectivity index (χ0v) is 17.5. The Bertz CT molecular complexity index is 1060. The number of carbonyl (C=O) groups excluding carboxylic acids is 2. The first-order valence-corrected chi connectivity index (χ1v) is 10.1. The summed E-state index contributed by atoms with van der Waals surface area (Å²) < 4.78 is 16.9. The molecule has 7 heteroatoms. The van der Waals surface area contributed by atoms with Crippen LogP contribution in [0.1, 0.15) is 19.4 Å². The molecule has 2 aromatic rings. The third kappa shape index (κ3) is 4.12. The van der Waals surface area contributed by atoms with Crippen LogP contribution in [-0.2, 0) is 9.59 Å². The Balaban J connectivity index is 1.71. The minimum Gasteiger partial charge on any atom is -0.491 e. The van der Waals surface area contributed by atoms with E-state index in [9.17, 15) is 9.59 Å². The van der Waals surface area contributed by atoms with Gasteiger partial charge in [0.25, 0.3) is 11.8 Å². The van der Waals surface area contributed by atoms with E-state index in [2.05, 4.69) is 11.9 Å². The number of anilines is 1. The van der Waals surface area contributed by atoms with Gasteiger partial charge in [0.1, 0.15) is 24.7 Å². The van der Waals surface area contributed by atoms with Gasteiger partial charge >= 0.3 is 0 Å². The van der Waals surface area contributed by atoms with Crippen molar-refractivity contribution in [2.75, 3.05) is 25.1 Å². The van der Waals surface area contributed by atoms with Crippen molar-refractivity contribution < 1.29 is 23.8 Å². The molecule has 7 nitrogen and oxygen atoms in total. The average Bonchev–Trinajstić information content (AvgIpc) is 2.98. The normalized spacial score (nSPS) is 15.5. The number of fused-ring (bicyclic) bond motifs is 1. The fourth-order valence-electron chi connectivity index (χ4n) is 3.49. The van der Waals surface area contributed by atoms with E-state index in [0.29, 0.717) is 47.3 Å². The first-order valence-electron chi connectivity index (χ1n) is 10.1. The summed E-state index contributed by atoms with van der Waals surface area (Å²) >= 11 is 0. The molecule has 0 fully saturated rings. The van der Waals surface area contributed by atoms with Crippen LogP contribution in [0, 0.1) is 0 Å². The zero-order valence-electron chi connectivity index (χ0n) is 17.5. The second kappa shape index (κ2) is 8.55. The van der Waals surface area contributed by atoms with Crippen molar-refractivity contribution in [2.24, 2.45) is 0 Å².